The number of phenolic OH excluding ortho intramolecular Hbond substituents is 1. The summed E-state index contributed by atoms with van der Waals surface area (Å²) in [7, 11) is -3.55. The van der Waals surface area contributed by atoms with Crippen LogP contribution in [0.15, 0.2) is 12.1 Å². The fourth-order valence-corrected chi connectivity index (χ4v) is 1.65. The van der Waals surface area contributed by atoms with Crippen LogP contribution >= 0.6 is 11.6 Å². The molecule has 0 bridgehead atoms. The zero-order valence-electron chi connectivity index (χ0n) is 7.79. The summed E-state index contributed by atoms with van der Waals surface area (Å²) in [5, 5.41) is 8.91. The Labute approximate surface area is 91.7 Å². The van der Waals surface area contributed by atoms with Gasteiger partial charge in [-0.25, -0.2) is 12.8 Å². The Balaban J connectivity index is 3.12. The lowest BCUT2D eigenvalue weighted by Crippen LogP contribution is -2.15. The van der Waals surface area contributed by atoms with E-state index in [-0.39, 0.29) is 16.5 Å². The molecule has 84 valence electrons. The van der Waals surface area contributed by atoms with Crippen molar-refractivity contribution in [2.45, 2.75) is 6.92 Å². The predicted octanol–water partition coefficient (Wildman–Crippen LogP) is 1.95. The van der Waals surface area contributed by atoms with Crippen LogP contribution in [0, 0.1) is 5.82 Å². The van der Waals surface area contributed by atoms with Gasteiger partial charge in [-0.15, -0.1) is 0 Å². The first kappa shape index (κ1) is 12.1. The zero-order chi connectivity index (χ0) is 11.6. The van der Waals surface area contributed by atoms with Crippen LogP contribution in [-0.4, -0.2) is 19.3 Å². The number of phenols is 1. The monoisotopic (exact) mass is 253 g/mol. The lowest BCUT2D eigenvalue weighted by atomic mass is 10.3. The normalized spacial score (nSPS) is 11.4. The van der Waals surface area contributed by atoms with Crippen LogP contribution in [-0.2, 0) is 10.0 Å². The van der Waals surface area contributed by atoms with Crippen molar-refractivity contribution in [3.63, 3.8) is 0 Å². The largest absolute Gasteiger partial charge is 0.506 e. The standard InChI is InChI=1S/C8H9ClFNO3S/c1-2-15(13,14)11-7-3-5(9)8(12)4-6(7)10/h3-4,11-12H,2H2,1H3. The molecule has 0 saturated carbocycles. The summed E-state index contributed by atoms with van der Waals surface area (Å²) < 4.78 is 37.4. The topological polar surface area (TPSA) is 66.4 Å². The molecule has 7 heteroatoms. The van der Waals surface area contributed by atoms with Gasteiger partial charge in [0.25, 0.3) is 0 Å². The second-order valence-electron chi connectivity index (χ2n) is 2.79. The smallest absolute Gasteiger partial charge is 0.232 e. The van der Waals surface area contributed by atoms with Crippen LogP contribution in [0.3, 0.4) is 0 Å². The molecular formula is C8H9ClFNO3S. The third-order valence-corrected chi connectivity index (χ3v) is 3.28. The van der Waals surface area contributed by atoms with Crippen LogP contribution in [0.4, 0.5) is 10.1 Å². The summed E-state index contributed by atoms with van der Waals surface area (Å²) in [5.41, 5.74) is -0.278. The van der Waals surface area contributed by atoms with Crippen molar-refractivity contribution in [3.8, 4) is 5.75 Å². The first-order valence-corrected chi connectivity index (χ1v) is 6.07. The van der Waals surface area contributed by atoms with Crippen LogP contribution < -0.4 is 4.72 Å². The van der Waals surface area contributed by atoms with Gasteiger partial charge < -0.3 is 5.11 Å². The highest BCUT2D eigenvalue weighted by molar-refractivity contribution is 7.92. The number of hydrogen-bond donors (Lipinski definition) is 2. The van der Waals surface area contributed by atoms with Crippen LogP contribution in [0.5, 0.6) is 5.75 Å². The number of hydrogen-bond acceptors (Lipinski definition) is 3. The molecule has 0 spiro atoms. The summed E-state index contributed by atoms with van der Waals surface area (Å²) in [4.78, 5) is 0. The maximum atomic E-state index is 13.2. The molecular weight excluding hydrogens is 245 g/mol. The minimum atomic E-state index is -3.55. The molecule has 0 heterocycles. The van der Waals surface area contributed by atoms with E-state index in [1.54, 1.807) is 0 Å². The van der Waals surface area contributed by atoms with E-state index >= 15 is 0 Å². The van der Waals surface area contributed by atoms with Gasteiger partial charge >= 0.3 is 0 Å². The van der Waals surface area contributed by atoms with Crippen molar-refractivity contribution in [2.24, 2.45) is 0 Å². The highest BCUT2D eigenvalue weighted by Gasteiger charge is 2.13. The highest BCUT2D eigenvalue weighted by atomic mass is 35.5. The van der Waals surface area contributed by atoms with E-state index in [4.69, 9.17) is 16.7 Å². The van der Waals surface area contributed by atoms with Crippen molar-refractivity contribution < 1.29 is 17.9 Å². The molecule has 15 heavy (non-hydrogen) atoms. The lowest BCUT2D eigenvalue weighted by molar-refractivity contribution is 0.470. The number of nitrogens with one attached hydrogen (secondary N) is 1. The Kier molecular flexibility index (Phi) is 3.41. The van der Waals surface area contributed by atoms with Crippen LogP contribution in [0.25, 0.3) is 0 Å². The molecule has 0 aliphatic carbocycles. The van der Waals surface area contributed by atoms with E-state index in [1.807, 2.05) is 4.72 Å². The number of sulfonamides is 1. The van der Waals surface area contributed by atoms with Gasteiger partial charge in [-0.1, -0.05) is 11.6 Å². The number of rotatable bonds is 3. The minimum Gasteiger partial charge on any atom is -0.506 e. The van der Waals surface area contributed by atoms with Crippen LogP contribution in [0.1, 0.15) is 6.92 Å². The molecule has 1 rings (SSSR count). The predicted molar refractivity (Wildman–Crippen MR) is 56.2 cm³/mol. The number of halogens is 2. The molecule has 1 aromatic carbocycles. The average Bonchev–Trinajstić information content (AvgIpc) is 2.14. The van der Waals surface area contributed by atoms with Crippen molar-refractivity contribution in [1.29, 1.82) is 0 Å². The van der Waals surface area contributed by atoms with Crippen molar-refractivity contribution in [3.05, 3.63) is 23.0 Å². The Morgan fingerprint density at radius 1 is 1.53 bits per heavy atom. The van der Waals surface area contributed by atoms with Gasteiger partial charge in [-0.05, 0) is 13.0 Å². The van der Waals surface area contributed by atoms with Gasteiger partial charge in [0.1, 0.15) is 5.75 Å². The van der Waals surface area contributed by atoms with Crippen molar-refractivity contribution in [1.82, 2.24) is 0 Å². The van der Waals surface area contributed by atoms with Crippen molar-refractivity contribution in [2.75, 3.05) is 10.5 Å². The summed E-state index contributed by atoms with van der Waals surface area (Å²) in [6.07, 6.45) is 0. The molecule has 0 amide bonds. The fraction of sp³-hybridized carbons (Fsp3) is 0.250. The van der Waals surface area contributed by atoms with Gasteiger partial charge in [0.15, 0.2) is 5.82 Å². The second kappa shape index (κ2) is 4.24. The Morgan fingerprint density at radius 2 is 2.13 bits per heavy atom. The minimum absolute atomic E-state index is 0.120. The summed E-state index contributed by atoms with van der Waals surface area (Å²) in [6, 6.07) is 1.76. The molecule has 4 nitrogen and oxygen atoms in total. The van der Waals surface area contributed by atoms with E-state index in [9.17, 15) is 12.8 Å². The van der Waals surface area contributed by atoms with Gasteiger partial charge in [0, 0.05) is 6.07 Å². The van der Waals surface area contributed by atoms with E-state index in [1.165, 1.54) is 6.92 Å². The molecule has 0 aliphatic rings. The molecule has 2 N–H and O–H groups in total. The van der Waals surface area contributed by atoms with Crippen LogP contribution in [0.2, 0.25) is 5.02 Å². The number of aromatic hydroxyl groups is 1. The van der Waals surface area contributed by atoms with E-state index in [0.717, 1.165) is 12.1 Å². The maximum Gasteiger partial charge on any atom is 0.232 e. The molecule has 0 radical (unpaired) electrons. The summed E-state index contributed by atoms with van der Waals surface area (Å²) >= 11 is 5.51. The first-order valence-electron chi connectivity index (χ1n) is 4.04. The summed E-state index contributed by atoms with van der Waals surface area (Å²) in [5.74, 6) is -1.49. The van der Waals surface area contributed by atoms with Gasteiger partial charge in [0.05, 0.1) is 16.5 Å². The zero-order valence-corrected chi connectivity index (χ0v) is 9.36. The lowest BCUT2D eigenvalue weighted by Gasteiger charge is -2.08. The van der Waals surface area contributed by atoms with Gasteiger partial charge in [0.2, 0.25) is 10.0 Å². The second-order valence-corrected chi connectivity index (χ2v) is 5.21. The van der Waals surface area contributed by atoms with E-state index in [2.05, 4.69) is 0 Å². The maximum absolute atomic E-state index is 13.2. The number of anilines is 1. The SMILES string of the molecule is CCS(=O)(=O)Nc1cc(Cl)c(O)cc1F. The molecule has 0 saturated heterocycles. The fourth-order valence-electron chi connectivity index (χ4n) is 0.854. The molecule has 1 aromatic rings. The Hall–Kier alpha value is -1.01. The van der Waals surface area contributed by atoms with Gasteiger partial charge in [-0.3, -0.25) is 4.72 Å². The quantitative estimate of drug-likeness (QED) is 0.809. The van der Waals surface area contributed by atoms with E-state index < -0.39 is 21.6 Å². The first-order chi connectivity index (χ1) is 6.85. The Morgan fingerprint density at radius 3 is 2.67 bits per heavy atom. The van der Waals surface area contributed by atoms with Gasteiger partial charge in [-0.2, -0.15) is 0 Å². The molecule has 0 aromatic heterocycles. The number of benzene rings is 1. The molecule has 0 aliphatic heterocycles. The molecule has 0 atom stereocenters. The summed E-state index contributed by atoms with van der Waals surface area (Å²) in [6.45, 7) is 1.42. The molecule has 0 fully saturated rings. The Bertz CT molecular complexity index is 475. The van der Waals surface area contributed by atoms with Crippen molar-refractivity contribution >= 4 is 27.3 Å². The average molecular weight is 254 g/mol. The third kappa shape index (κ3) is 2.97. The molecule has 0 unspecified atom stereocenters. The highest BCUT2D eigenvalue weighted by Crippen LogP contribution is 2.29. The van der Waals surface area contributed by atoms with E-state index in [0.29, 0.717) is 0 Å². The third-order valence-electron chi connectivity index (χ3n) is 1.68.